The Morgan fingerprint density at radius 1 is 1.50 bits per heavy atom. The maximum atomic E-state index is 11.8. The topological polar surface area (TPSA) is 37.4 Å². The van der Waals surface area contributed by atoms with Crippen molar-refractivity contribution in [2.45, 2.75) is 12.8 Å². The summed E-state index contributed by atoms with van der Waals surface area (Å²) in [6, 6.07) is 3.56. The Kier molecular flexibility index (Phi) is 2.69. The summed E-state index contributed by atoms with van der Waals surface area (Å²) in [5, 5.41) is 0. The Morgan fingerprint density at radius 2 is 2.29 bits per heavy atom. The number of likely N-dealkylation sites (tertiary alicyclic amines) is 1. The standard InChI is InChI=1S/C9H8BrNO2S/c10-7-4-3-6(14-7)9(13)11-5-1-2-8(11)12/h3-4H,1-2,5H2. The van der Waals surface area contributed by atoms with Crippen LogP contribution in [-0.2, 0) is 4.79 Å². The molecule has 1 aromatic heterocycles. The van der Waals surface area contributed by atoms with Crippen molar-refractivity contribution in [2.24, 2.45) is 0 Å². The SMILES string of the molecule is O=C1CCCN1C(=O)c1ccc(Br)s1. The fourth-order valence-electron chi connectivity index (χ4n) is 1.43. The van der Waals surface area contributed by atoms with E-state index in [9.17, 15) is 9.59 Å². The van der Waals surface area contributed by atoms with Crippen LogP contribution < -0.4 is 0 Å². The first-order chi connectivity index (χ1) is 6.68. The molecule has 0 unspecified atom stereocenters. The molecule has 1 saturated heterocycles. The fraction of sp³-hybridized carbons (Fsp3) is 0.333. The van der Waals surface area contributed by atoms with Crippen molar-refractivity contribution in [1.29, 1.82) is 0 Å². The van der Waals surface area contributed by atoms with Crippen LogP contribution in [0.3, 0.4) is 0 Å². The van der Waals surface area contributed by atoms with E-state index in [1.807, 2.05) is 6.07 Å². The molecule has 0 radical (unpaired) electrons. The van der Waals surface area contributed by atoms with E-state index in [4.69, 9.17) is 0 Å². The molecule has 14 heavy (non-hydrogen) atoms. The zero-order valence-corrected chi connectivity index (χ0v) is 9.73. The van der Waals surface area contributed by atoms with Gasteiger partial charge >= 0.3 is 0 Å². The number of rotatable bonds is 1. The number of thiophene rings is 1. The van der Waals surface area contributed by atoms with E-state index in [0.717, 1.165) is 10.2 Å². The highest BCUT2D eigenvalue weighted by atomic mass is 79.9. The molecule has 0 spiro atoms. The number of amides is 2. The van der Waals surface area contributed by atoms with Crippen molar-refractivity contribution in [1.82, 2.24) is 4.90 Å². The summed E-state index contributed by atoms with van der Waals surface area (Å²) < 4.78 is 0.910. The van der Waals surface area contributed by atoms with Gasteiger partial charge in [0.2, 0.25) is 5.91 Å². The second kappa shape index (κ2) is 3.82. The lowest BCUT2D eigenvalue weighted by atomic mass is 10.4. The van der Waals surface area contributed by atoms with Crippen molar-refractivity contribution in [3.05, 3.63) is 20.8 Å². The molecule has 1 aliphatic rings. The first kappa shape index (κ1) is 9.86. The van der Waals surface area contributed by atoms with E-state index < -0.39 is 0 Å². The highest BCUT2D eigenvalue weighted by Crippen LogP contribution is 2.24. The zero-order valence-electron chi connectivity index (χ0n) is 7.33. The van der Waals surface area contributed by atoms with E-state index in [0.29, 0.717) is 17.8 Å². The molecule has 74 valence electrons. The minimum atomic E-state index is -0.164. The van der Waals surface area contributed by atoms with Crippen LogP contribution in [0.25, 0.3) is 0 Å². The van der Waals surface area contributed by atoms with Crippen LogP contribution in [0.5, 0.6) is 0 Å². The number of hydrogen-bond acceptors (Lipinski definition) is 3. The Morgan fingerprint density at radius 3 is 2.79 bits per heavy atom. The van der Waals surface area contributed by atoms with Gasteiger partial charge in [-0.1, -0.05) is 0 Å². The third kappa shape index (κ3) is 1.74. The lowest BCUT2D eigenvalue weighted by Gasteiger charge is -2.11. The summed E-state index contributed by atoms with van der Waals surface area (Å²) in [6.07, 6.45) is 1.29. The molecular weight excluding hydrogens is 266 g/mol. The molecule has 2 heterocycles. The fourth-order valence-corrected chi connectivity index (χ4v) is 2.76. The number of carbonyl (C=O) groups is 2. The Bertz CT molecular complexity index is 388. The van der Waals surface area contributed by atoms with Crippen LogP contribution >= 0.6 is 27.3 Å². The third-order valence-corrected chi connectivity index (χ3v) is 3.71. The molecule has 0 atom stereocenters. The highest BCUT2D eigenvalue weighted by Gasteiger charge is 2.27. The van der Waals surface area contributed by atoms with Crippen LogP contribution in [0.1, 0.15) is 22.5 Å². The van der Waals surface area contributed by atoms with Gasteiger partial charge < -0.3 is 0 Å². The summed E-state index contributed by atoms with van der Waals surface area (Å²) in [5.74, 6) is -0.220. The Hall–Kier alpha value is -0.680. The molecule has 1 fully saturated rings. The summed E-state index contributed by atoms with van der Waals surface area (Å²) in [6.45, 7) is 0.563. The molecule has 1 aliphatic heterocycles. The normalized spacial score (nSPS) is 16.4. The van der Waals surface area contributed by atoms with Crippen LogP contribution in [0.15, 0.2) is 15.9 Å². The lowest BCUT2D eigenvalue weighted by molar-refractivity contribution is -0.125. The second-order valence-electron chi connectivity index (χ2n) is 3.06. The van der Waals surface area contributed by atoms with Gasteiger partial charge in [0.05, 0.1) is 8.66 Å². The van der Waals surface area contributed by atoms with Gasteiger partial charge in [-0.25, -0.2) is 0 Å². The van der Waals surface area contributed by atoms with Gasteiger partial charge in [-0.05, 0) is 34.5 Å². The van der Waals surface area contributed by atoms with Gasteiger partial charge in [0, 0.05) is 13.0 Å². The summed E-state index contributed by atoms with van der Waals surface area (Å²) >= 11 is 4.64. The van der Waals surface area contributed by atoms with E-state index in [-0.39, 0.29) is 11.8 Å². The molecule has 0 saturated carbocycles. The third-order valence-electron chi connectivity index (χ3n) is 2.10. The van der Waals surface area contributed by atoms with Gasteiger partial charge in [0.25, 0.3) is 5.91 Å². The van der Waals surface area contributed by atoms with Crippen molar-refractivity contribution < 1.29 is 9.59 Å². The molecule has 0 aromatic carbocycles. The Labute approximate surface area is 93.8 Å². The summed E-state index contributed by atoms with van der Waals surface area (Å²) in [4.78, 5) is 25.0. The second-order valence-corrected chi connectivity index (χ2v) is 5.52. The van der Waals surface area contributed by atoms with Crippen LogP contribution in [-0.4, -0.2) is 23.3 Å². The molecule has 3 nitrogen and oxygen atoms in total. The molecular formula is C9H8BrNO2S. The zero-order chi connectivity index (χ0) is 10.1. The predicted molar refractivity (Wildman–Crippen MR) is 57.3 cm³/mol. The molecule has 5 heteroatoms. The van der Waals surface area contributed by atoms with Crippen molar-refractivity contribution in [3.63, 3.8) is 0 Å². The Balaban J connectivity index is 2.19. The lowest BCUT2D eigenvalue weighted by Crippen LogP contribution is -2.31. The quantitative estimate of drug-likeness (QED) is 0.737. The van der Waals surface area contributed by atoms with Crippen LogP contribution in [0, 0.1) is 0 Å². The average Bonchev–Trinajstić information content (AvgIpc) is 2.73. The largest absolute Gasteiger partial charge is 0.278 e. The molecule has 2 rings (SSSR count). The predicted octanol–water partition coefficient (Wildman–Crippen LogP) is 2.27. The molecule has 1 aromatic rings. The van der Waals surface area contributed by atoms with Gasteiger partial charge in [0.15, 0.2) is 0 Å². The van der Waals surface area contributed by atoms with Crippen molar-refractivity contribution >= 4 is 39.1 Å². The minimum Gasteiger partial charge on any atom is -0.278 e. The molecule has 0 bridgehead atoms. The summed E-state index contributed by atoms with van der Waals surface area (Å²) in [7, 11) is 0. The van der Waals surface area contributed by atoms with E-state index >= 15 is 0 Å². The number of hydrogen-bond donors (Lipinski definition) is 0. The number of halogens is 1. The maximum Gasteiger partial charge on any atom is 0.270 e. The van der Waals surface area contributed by atoms with Crippen molar-refractivity contribution in [2.75, 3.05) is 6.54 Å². The van der Waals surface area contributed by atoms with Gasteiger partial charge in [-0.3, -0.25) is 14.5 Å². The molecule has 0 N–H and O–H groups in total. The number of imide groups is 1. The number of nitrogens with zero attached hydrogens (tertiary/aromatic N) is 1. The first-order valence-corrected chi connectivity index (χ1v) is 5.89. The van der Waals surface area contributed by atoms with Gasteiger partial charge in [0.1, 0.15) is 0 Å². The average molecular weight is 274 g/mol. The molecule has 0 aliphatic carbocycles. The van der Waals surface area contributed by atoms with E-state index in [1.165, 1.54) is 16.2 Å². The smallest absolute Gasteiger partial charge is 0.270 e. The number of carbonyl (C=O) groups excluding carboxylic acids is 2. The highest BCUT2D eigenvalue weighted by molar-refractivity contribution is 9.11. The van der Waals surface area contributed by atoms with Gasteiger partial charge in [-0.15, -0.1) is 11.3 Å². The van der Waals surface area contributed by atoms with Crippen LogP contribution in [0.4, 0.5) is 0 Å². The minimum absolute atomic E-state index is 0.0560. The first-order valence-electron chi connectivity index (χ1n) is 4.28. The van der Waals surface area contributed by atoms with Gasteiger partial charge in [-0.2, -0.15) is 0 Å². The summed E-state index contributed by atoms with van der Waals surface area (Å²) in [5.41, 5.74) is 0. The van der Waals surface area contributed by atoms with E-state index in [1.54, 1.807) is 6.07 Å². The molecule has 2 amide bonds. The monoisotopic (exact) mass is 273 g/mol. The van der Waals surface area contributed by atoms with Crippen LogP contribution in [0.2, 0.25) is 0 Å². The maximum absolute atomic E-state index is 11.8. The van der Waals surface area contributed by atoms with E-state index in [2.05, 4.69) is 15.9 Å². The van der Waals surface area contributed by atoms with Crippen molar-refractivity contribution in [3.8, 4) is 0 Å².